The van der Waals surface area contributed by atoms with Gasteiger partial charge in [-0.1, -0.05) is 11.6 Å². The van der Waals surface area contributed by atoms with Crippen molar-refractivity contribution in [2.75, 3.05) is 5.73 Å². The van der Waals surface area contributed by atoms with E-state index in [9.17, 15) is 4.21 Å². The van der Waals surface area contributed by atoms with E-state index in [1.54, 1.807) is 19.1 Å². The van der Waals surface area contributed by atoms with Crippen LogP contribution in [0.3, 0.4) is 0 Å². The van der Waals surface area contributed by atoms with Crippen LogP contribution in [0.15, 0.2) is 23.1 Å². The predicted molar refractivity (Wildman–Crippen MR) is 57.3 cm³/mol. The van der Waals surface area contributed by atoms with Crippen molar-refractivity contribution >= 4 is 28.1 Å². The van der Waals surface area contributed by atoms with Crippen LogP contribution < -0.4 is 5.73 Å². The minimum Gasteiger partial charge on any atom is -0.398 e. The Morgan fingerprint density at radius 1 is 1.64 bits per heavy atom. The molecule has 0 aliphatic rings. The van der Waals surface area contributed by atoms with E-state index in [1.807, 2.05) is 6.07 Å². The molecule has 0 spiro atoms. The Morgan fingerprint density at radius 3 is 2.86 bits per heavy atom. The van der Waals surface area contributed by atoms with Crippen LogP contribution in [0.25, 0.3) is 0 Å². The molecule has 2 atom stereocenters. The molecule has 0 heterocycles. The first-order valence-electron chi connectivity index (χ1n) is 3.91. The van der Waals surface area contributed by atoms with Gasteiger partial charge >= 0.3 is 0 Å². The molecule has 0 bridgehead atoms. The molecule has 0 aromatic heterocycles. The molecule has 1 rings (SSSR count). The highest BCUT2D eigenvalue weighted by molar-refractivity contribution is 7.86. The van der Waals surface area contributed by atoms with Crippen LogP contribution >= 0.6 is 11.6 Å². The average molecular weight is 229 g/mol. The van der Waals surface area contributed by atoms with E-state index in [1.165, 1.54) is 6.07 Å². The Hall–Kier alpha value is -1.05. The lowest BCUT2D eigenvalue weighted by Crippen LogP contribution is -2.09. The van der Waals surface area contributed by atoms with E-state index in [0.717, 1.165) is 0 Å². The number of halogens is 1. The Morgan fingerprint density at radius 2 is 2.29 bits per heavy atom. The van der Waals surface area contributed by atoms with Crippen molar-refractivity contribution in [1.29, 1.82) is 5.26 Å². The molecule has 3 nitrogen and oxygen atoms in total. The summed E-state index contributed by atoms with van der Waals surface area (Å²) >= 11 is 5.74. The van der Waals surface area contributed by atoms with Crippen molar-refractivity contribution in [3.8, 4) is 6.07 Å². The highest BCUT2D eigenvalue weighted by Crippen LogP contribution is 2.23. The van der Waals surface area contributed by atoms with Crippen LogP contribution in [0.5, 0.6) is 0 Å². The summed E-state index contributed by atoms with van der Waals surface area (Å²) in [6.45, 7) is 1.58. The third-order valence-electron chi connectivity index (χ3n) is 1.70. The second-order valence-corrected chi connectivity index (χ2v) is 4.93. The van der Waals surface area contributed by atoms with Gasteiger partial charge in [0.05, 0.1) is 21.8 Å². The molecule has 0 aliphatic heterocycles. The molecule has 14 heavy (non-hydrogen) atoms. The third-order valence-corrected chi connectivity index (χ3v) is 3.47. The number of nitriles is 1. The Balaban J connectivity index is 3.14. The fourth-order valence-corrected chi connectivity index (χ4v) is 2.18. The first kappa shape index (κ1) is 11.0. The summed E-state index contributed by atoms with van der Waals surface area (Å²) in [4.78, 5) is 0.423. The maximum absolute atomic E-state index is 11.7. The van der Waals surface area contributed by atoms with E-state index in [0.29, 0.717) is 15.6 Å². The van der Waals surface area contributed by atoms with Crippen molar-refractivity contribution in [3.05, 3.63) is 23.2 Å². The van der Waals surface area contributed by atoms with E-state index < -0.39 is 16.0 Å². The van der Waals surface area contributed by atoms with Crippen LogP contribution in [-0.4, -0.2) is 9.46 Å². The van der Waals surface area contributed by atoms with Crippen molar-refractivity contribution in [1.82, 2.24) is 0 Å². The van der Waals surface area contributed by atoms with Crippen LogP contribution in [0.2, 0.25) is 5.02 Å². The molecule has 0 amide bonds. The van der Waals surface area contributed by atoms with Crippen molar-refractivity contribution in [3.63, 3.8) is 0 Å². The van der Waals surface area contributed by atoms with Crippen molar-refractivity contribution in [2.45, 2.75) is 17.1 Å². The normalized spacial score (nSPS) is 14.4. The molecule has 0 radical (unpaired) electrons. The quantitative estimate of drug-likeness (QED) is 0.787. The maximum atomic E-state index is 11.7. The summed E-state index contributed by atoms with van der Waals surface area (Å²) in [7, 11) is -1.42. The Kier molecular flexibility index (Phi) is 3.50. The van der Waals surface area contributed by atoms with Crippen LogP contribution in [0.1, 0.15) is 6.92 Å². The lowest BCUT2D eigenvalue weighted by molar-refractivity contribution is 0.680. The number of benzene rings is 1. The van der Waals surface area contributed by atoms with Gasteiger partial charge < -0.3 is 5.73 Å². The zero-order valence-corrected chi connectivity index (χ0v) is 9.10. The lowest BCUT2D eigenvalue weighted by atomic mass is 10.3. The lowest BCUT2D eigenvalue weighted by Gasteiger charge is -2.06. The highest BCUT2D eigenvalue weighted by atomic mass is 35.5. The minimum absolute atomic E-state index is 0.398. The first-order valence-corrected chi connectivity index (χ1v) is 5.50. The Bertz CT molecular complexity index is 414. The number of nitrogen functional groups attached to an aromatic ring is 1. The number of hydrogen-bond acceptors (Lipinski definition) is 3. The van der Waals surface area contributed by atoms with Crippen molar-refractivity contribution < 1.29 is 4.21 Å². The summed E-state index contributed by atoms with van der Waals surface area (Å²) < 4.78 is 11.7. The number of nitrogens with two attached hydrogens (primary N) is 1. The summed E-state index contributed by atoms with van der Waals surface area (Å²) in [5.74, 6) is 0. The van der Waals surface area contributed by atoms with Gasteiger partial charge in [-0.2, -0.15) is 5.26 Å². The number of nitrogens with zero attached hydrogens (tertiary/aromatic N) is 1. The summed E-state index contributed by atoms with van der Waals surface area (Å²) in [5, 5.41) is 8.49. The van der Waals surface area contributed by atoms with Gasteiger partial charge in [0.25, 0.3) is 0 Å². The van der Waals surface area contributed by atoms with Gasteiger partial charge in [-0.3, -0.25) is 4.21 Å². The van der Waals surface area contributed by atoms with E-state index in [4.69, 9.17) is 22.6 Å². The number of hydrogen-bond donors (Lipinski definition) is 1. The van der Waals surface area contributed by atoms with Crippen LogP contribution in [0, 0.1) is 11.3 Å². The topological polar surface area (TPSA) is 66.9 Å². The molecule has 0 aliphatic carbocycles. The molecule has 0 saturated heterocycles. The molecule has 1 aromatic carbocycles. The molecule has 0 fully saturated rings. The van der Waals surface area contributed by atoms with Gasteiger partial charge in [-0.25, -0.2) is 0 Å². The van der Waals surface area contributed by atoms with E-state index >= 15 is 0 Å². The van der Waals surface area contributed by atoms with Gasteiger partial charge in [0.15, 0.2) is 0 Å². The summed E-state index contributed by atoms with van der Waals surface area (Å²) in [5.41, 5.74) is 6.02. The minimum atomic E-state index is -1.42. The molecular weight excluding hydrogens is 220 g/mol. The molecule has 1 aromatic rings. The summed E-state index contributed by atoms with van der Waals surface area (Å²) in [6, 6.07) is 6.64. The number of anilines is 1. The van der Waals surface area contributed by atoms with Crippen molar-refractivity contribution in [2.24, 2.45) is 0 Å². The van der Waals surface area contributed by atoms with Gasteiger partial charge in [0, 0.05) is 10.7 Å². The van der Waals surface area contributed by atoms with Gasteiger partial charge in [0.1, 0.15) is 5.25 Å². The zero-order chi connectivity index (χ0) is 10.7. The van der Waals surface area contributed by atoms with Gasteiger partial charge in [-0.15, -0.1) is 0 Å². The molecule has 2 unspecified atom stereocenters. The first-order chi connectivity index (χ1) is 6.56. The van der Waals surface area contributed by atoms with E-state index in [-0.39, 0.29) is 0 Å². The van der Waals surface area contributed by atoms with Crippen LogP contribution in [-0.2, 0) is 10.8 Å². The highest BCUT2D eigenvalue weighted by Gasteiger charge is 2.15. The monoisotopic (exact) mass is 228 g/mol. The predicted octanol–water partition coefficient (Wildman–Crippen LogP) is 1.94. The smallest absolute Gasteiger partial charge is 0.123 e. The zero-order valence-electron chi connectivity index (χ0n) is 7.53. The molecule has 74 valence electrons. The molecule has 2 N–H and O–H groups in total. The molecule has 0 saturated carbocycles. The Labute approximate surface area is 89.9 Å². The maximum Gasteiger partial charge on any atom is 0.123 e. The van der Waals surface area contributed by atoms with Gasteiger partial charge in [-0.05, 0) is 25.1 Å². The second kappa shape index (κ2) is 4.45. The molecular formula is C9H9ClN2OS. The fourth-order valence-electron chi connectivity index (χ4n) is 0.921. The third kappa shape index (κ3) is 2.25. The number of rotatable bonds is 2. The van der Waals surface area contributed by atoms with Crippen LogP contribution in [0.4, 0.5) is 5.69 Å². The largest absolute Gasteiger partial charge is 0.398 e. The van der Waals surface area contributed by atoms with E-state index in [2.05, 4.69) is 0 Å². The van der Waals surface area contributed by atoms with Gasteiger partial charge in [0.2, 0.25) is 0 Å². The summed E-state index contributed by atoms with van der Waals surface area (Å²) in [6.07, 6.45) is 0. The second-order valence-electron chi connectivity index (χ2n) is 2.75. The fraction of sp³-hybridized carbons (Fsp3) is 0.222. The molecule has 5 heteroatoms. The average Bonchev–Trinajstić information content (AvgIpc) is 2.19. The standard InChI is InChI=1S/C9H9ClN2OS/c1-6(5-11)14(13)9-4-7(10)2-3-8(9)12/h2-4,6H,12H2,1H3. The SMILES string of the molecule is CC(C#N)S(=O)c1cc(Cl)ccc1N.